The van der Waals surface area contributed by atoms with Crippen molar-refractivity contribution in [3.8, 4) is 0 Å². The highest BCUT2D eigenvalue weighted by Gasteiger charge is 2.31. The Balaban J connectivity index is 1.57. The van der Waals surface area contributed by atoms with Crippen molar-refractivity contribution in [3.05, 3.63) is 29.3 Å². The highest BCUT2D eigenvalue weighted by molar-refractivity contribution is 7.18. The van der Waals surface area contributed by atoms with Gasteiger partial charge in [0.1, 0.15) is 5.01 Å². The first-order chi connectivity index (χ1) is 9.65. The predicted octanol–water partition coefficient (Wildman–Crippen LogP) is 2.57. The molecule has 1 aliphatic carbocycles. The fourth-order valence-electron chi connectivity index (χ4n) is 2.81. The maximum atomic E-state index is 12.0. The van der Waals surface area contributed by atoms with Crippen molar-refractivity contribution in [1.29, 1.82) is 0 Å². The SMILES string of the molecule is NC1(CC(=O)NCc2nc3ccccc3s2)CCCC1. The highest BCUT2D eigenvalue weighted by atomic mass is 32.1. The first-order valence-electron chi connectivity index (χ1n) is 7.05. The normalized spacial score (nSPS) is 17.4. The molecule has 0 atom stereocenters. The Morgan fingerprint density at radius 2 is 2.10 bits per heavy atom. The maximum Gasteiger partial charge on any atom is 0.222 e. The first-order valence-corrected chi connectivity index (χ1v) is 7.86. The number of fused-ring (bicyclic) bond motifs is 1. The minimum absolute atomic E-state index is 0.0358. The van der Waals surface area contributed by atoms with Crippen molar-refractivity contribution in [2.75, 3.05) is 0 Å². The number of nitrogens with two attached hydrogens (primary N) is 1. The zero-order valence-electron chi connectivity index (χ0n) is 11.4. The molecule has 1 aliphatic rings. The number of rotatable bonds is 4. The van der Waals surface area contributed by atoms with E-state index in [1.807, 2.05) is 24.3 Å². The van der Waals surface area contributed by atoms with Crippen LogP contribution in [-0.4, -0.2) is 16.4 Å². The second-order valence-corrected chi connectivity index (χ2v) is 6.71. The third-order valence-electron chi connectivity index (χ3n) is 3.89. The average Bonchev–Trinajstić information content (AvgIpc) is 3.02. The number of para-hydroxylation sites is 1. The zero-order valence-corrected chi connectivity index (χ0v) is 12.2. The summed E-state index contributed by atoms with van der Waals surface area (Å²) < 4.78 is 1.16. The fourth-order valence-corrected chi connectivity index (χ4v) is 3.71. The molecule has 2 aromatic rings. The molecule has 106 valence electrons. The van der Waals surface area contributed by atoms with Crippen LogP contribution in [0.15, 0.2) is 24.3 Å². The molecular weight excluding hydrogens is 270 g/mol. The van der Waals surface area contributed by atoms with Crippen LogP contribution in [0.3, 0.4) is 0 Å². The number of hydrogen-bond acceptors (Lipinski definition) is 4. The van der Waals surface area contributed by atoms with Crippen LogP contribution in [0.25, 0.3) is 10.2 Å². The molecule has 3 rings (SSSR count). The van der Waals surface area contributed by atoms with Gasteiger partial charge >= 0.3 is 0 Å². The number of nitrogens with one attached hydrogen (secondary N) is 1. The third kappa shape index (κ3) is 2.99. The number of nitrogens with zero attached hydrogens (tertiary/aromatic N) is 1. The Morgan fingerprint density at radius 3 is 2.85 bits per heavy atom. The molecule has 0 aliphatic heterocycles. The molecule has 0 unspecified atom stereocenters. The average molecular weight is 289 g/mol. The Kier molecular flexibility index (Phi) is 3.72. The van der Waals surface area contributed by atoms with Gasteiger partial charge in [-0.3, -0.25) is 4.79 Å². The summed E-state index contributed by atoms with van der Waals surface area (Å²) in [5, 5.41) is 3.88. The summed E-state index contributed by atoms with van der Waals surface area (Å²) in [7, 11) is 0. The molecule has 0 radical (unpaired) electrons. The molecule has 1 aromatic heterocycles. The standard InChI is InChI=1S/C15H19N3OS/c16-15(7-3-4-8-15)9-13(19)17-10-14-18-11-5-1-2-6-12(11)20-14/h1-2,5-6H,3-4,7-10,16H2,(H,17,19). The second-order valence-electron chi connectivity index (χ2n) is 5.60. The van der Waals surface area contributed by atoms with Crippen LogP contribution in [0.2, 0.25) is 0 Å². The molecule has 1 fully saturated rings. The van der Waals surface area contributed by atoms with Gasteiger partial charge in [-0.2, -0.15) is 0 Å². The largest absolute Gasteiger partial charge is 0.350 e. The summed E-state index contributed by atoms with van der Waals surface area (Å²) in [6.45, 7) is 0.494. The quantitative estimate of drug-likeness (QED) is 0.909. The lowest BCUT2D eigenvalue weighted by Crippen LogP contribution is -2.41. The number of thiazole rings is 1. The summed E-state index contributed by atoms with van der Waals surface area (Å²) in [6.07, 6.45) is 4.63. The van der Waals surface area contributed by atoms with Gasteiger partial charge in [-0.1, -0.05) is 25.0 Å². The van der Waals surface area contributed by atoms with Crippen LogP contribution in [0.5, 0.6) is 0 Å². The smallest absolute Gasteiger partial charge is 0.222 e. The Hall–Kier alpha value is -1.46. The third-order valence-corrected chi connectivity index (χ3v) is 4.92. The number of hydrogen-bond donors (Lipinski definition) is 2. The van der Waals surface area contributed by atoms with Crippen LogP contribution in [0, 0.1) is 0 Å². The zero-order chi connectivity index (χ0) is 14.0. The molecule has 20 heavy (non-hydrogen) atoms. The Labute approximate surface area is 122 Å². The lowest BCUT2D eigenvalue weighted by Gasteiger charge is -2.22. The van der Waals surface area contributed by atoms with Crippen LogP contribution in [-0.2, 0) is 11.3 Å². The van der Waals surface area contributed by atoms with E-state index in [2.05, 4.69) is 10.3 Å². The van der Waals surface area contributed by atoms with E-state index in [1.54, 1.807) is 11.3 Å². The van der Waals surface area contributed by atoms with Gasteiger partial charge in [0.25, 0.3) is 0 Å². The molecule has 3 N–H and O–H groups in total. The Bertz CT molecular complexity index is 583. The van der Waals surface area contributed by atoms with Crippen LogP contribution in [0.1, 0.15) is 37.1 Å². The van der Waals surface area contributed by atoms with E-state index >= 15 is 0 Å². The van der Waals surface area contributed by atoms with E-state index in [0.717, 1.165) is 40.9 Å². The molecule has 1 amide bonds. The van der Waals surface area contributed by atoms with E-state index in [1.165, 1.54) is 0 Å². The molecule has 1 aromatic carbocycles. The molecule has 0 bridgehead atoms. The van der Waals surface area contributed by atoms with Crippen LogP contribution >= 0.6 is 11.3 Å². The van der Waals surface area contributed by atoms with Gasteiger partial charge in [0.05, 0.1) is 16.8 Å². The maximum absolute atomic E-state index is 12.0. The van der Waals surface area contributed by atoms with E-state index in [0.29, 0.717) is 13.0 Å². The summed E-state index contributed by atoms with van der Waals surface area (Å²) in [6, 6.07) is 8.01. The topological polar surface area (TPSA) is 68.0 Å². The van der Waals surface area contributed by atoms with Crippen LogP contribution < -0.4 is 11.1 Å². The van der Waals surface area contributed by atoms with Gasteiger partial charge in [0.2, 0.25) is 5.91 Å². The molecule has 1 heterocycles. The van der Waals surface area contributed by atoms with Crippen molar-refractivity contribution in [2.45, 2.75) is 44.2 Å². The summed E-state index contributed by atoms with van der Waals surface area (Å²) in [4.78, 5) is 16.5. The molecule has 0 spiro atoms. The van der Waals surface area contributed by atoms with E-state index in [9.17, 15) is 4.79 Å². The molecule has 1 saturated carbocycles. The Morgan fingerprint density at radius 1 is 1.35 bits per heavy atom. The highest BCUT2D eigenvalue weighted by Crippen LogP contribution is 2.30. The van der Waals surface area contributed by atoms with Gasteiger partial charge in [-0.15, -0.1) is 11.3 Å². The number of benzene rings is 1. The van der Waals surface area contributed by atoms with Gasteiger partial charge in [-0.05, 0) is 25.0 Å². The number of amides is 1. The summed E-state index contributed by atoms with van der Waals surface area (Å²) >= 11 is 1.62. The fraction of sp³-hybridized carbons (Fsp3) is 0.467. The van der Waals surface area contributed by atoms with Crippen molar-refractivity contribution in [2.24, 2.45) is 5.73 Å². The second kappa shape index (κ2) is 5.50. The van der Waals surface area contributed by atoms with Gasteiger partial charge in [-0.25, -0.2) is 4.98 Å². The van der Waals surface area contributed by atoms with Crippen molar-refractivity contribution in [3.63, 3.8) is 0 Å². The van der Waals surface area contributed by atoms with E-state index < -0.39 is 0 Å². The van der Waals surface area contributed by atoms with Crippen molar-refractivity contribution >= 4 is 27.5 Å². The lowest BCUT2D eigenvalue weighted by molar-refractivity contribution is -0.122. The number of aromatic nitrogens is 1. The van der Waals surface area contributed by atoms with Crippen LogP contribution in [0.4, 0.5) is 0 Å². The van der Waals surface area contributed by atoms with Crippen molar-refractivity contribution in [1.82, 2.24) is 10.3 Å². The van der Waals surface area contributed by atoms with Gasteiger partial charge in [0, 0.05) is 12.0 Å². The summed E-state index contributed by atoms with van der Waals surface area (Å²) in [5.41, 5.74) is 6.93. The molecule has 0 saturated heterocycles. The number of carbonyl (C=O) groups is 1. The molecular formula is C15H19N3OS. The molecule has 5 heteroatoms. The monoisotopic (exact) mass is 289 g/mol. The first kappa shape index (κ1) is 13.5. The van der Waals surface area contributed by atoms with Gasteiger partial charge in [0.15, 0.2) is 0 Å². The predicted molar refractivity (Wildman–Crippen MR) is 81.5 cm³/mol. The van der Waals surface area contributed by atoms with Gasteiger partial charge < -0.3 is 11.1 Å². The minimum Gasteiger partial charge on any atom is -0.350 e. The van der Waals surface area contributed by atoms with E-state index in [4.69, 9.17) is 5.73 Å². The summed E-state index contributed by atoms with van der Waals surface area (Å²) in [5.74, 6) is 0.0358. The number of carbonyl (C=O) groups excluding carboxylic acids is 1. The molecule has 4 nitrogen and oxygen atoms in total. The minimum atomic E-state index is -0.280. The van der Waals surface area contributed by atoms with Crippen molar-refractivity contribution < 1.29 is 4.79 Å². The lowest BCUT2D eigenvalue weighted by atomic mass is 9.94. The van der Waals surface area contributed by atoms with E-state index in [-0.39, 0.29) is 11.4 Å².